The summed E-state index contributed by atoms with van der Waals surface area (Å²) in [6, 6.07) is 7.55. The number of carbonyl (C=O) groups excluding carboxylic acids is 3. The van der Waals surface area contributed by atoms with Gasteiger partial charge in [0.2, 0.25) is 11.8 Å². The molecule has 2 aliphatic rings. The third-order valence-corrected chi connectivity index (χ3v) is 7.23. The van der Waals surface area contributed by atoms with Gasteiger partial charge in [0.1, 0.15) is 6.04 Å². The van der Waals surface area contributed by atoms with Crippen molar-refractivity contribution in [3.8, 4) is 0 Å². The molecule has 7 heteroatoms. The zero-order valence-electron chi connectivity index (χ0n) is 20.2. The number of esters is 1. The fourth-order valence-corrected chi connectivity index (χ4v) is 5.14. The number of nitrogens with one attached hydrogen (secondary N) is 2. The Bertz CT molecular complexity index is 1010. The quantitative estimate of drug-likeness (QED) is 0.607. The molecule has 1 fully saturated rings. The highest BCUT2D eigenvalue weighted by atomic mass is 16.5. The third-order valence-electron chi connectivity index (χ3n) is 7.23. The molecule has 0 radical (unpaired) electrons. The average Bonchev–Trinajstić information content (AvgIpc) is 3.14. The SMILES string of the molecule is CCOC(=O)C[C@@H](CC1CCC1)C(=O)NC1Cc2cn(c3ccccc23)CCCCCNC1=O. The van der Waals surface area contributed by atoms with Gasteiger partial charge in [0, 0.05) is 42.5 Å². The van der Waals surface area contributed by atoms with Crippen LogP contribution in [0.4, 0.5) is 0 Å². The standard InChI is InChI=1S/C27H37N3O4/c1-2-34-25(31)17-20(15-19-9-8-10-19)26(32)29-23-16-21-18-30(24-12-5-4-11-22(21)24)14-7-3-6-13-28-27(23)33/h4-5,11-12,18-20,23H,2-3,6-10,13-17H2,1H3,(H,28,33)(H,29,32)/t20-,23?/m1/s1. The number of ether oxygens (including phenoxy) is 1. The maximum absolute atomic E-state index is 13.4. The summed E-state index contributed by atoms with van der Waals surface area (Å²) >= 11 is 0. The highest BCUT2D eigenvalue weighted by molar-refractivity contribution is 5.91. The van der Waals surface area contributed by atoms with E-state index in [2.05, 4.69) is 33.5 Å². The molecule has 1 aromatic heterocycles. The van der Waals surface area contributed by atoms with Crippen LogP contribution in [-0.4, -0.2) is 41.5 Å². The molecule has 1 aliphatic carbocycles. The third kappa shape index (κ3) is 5.99. The monoisotopic (exact) mass is 467 g/mol. The number of hydrogen-bond acceptors (Lipinski definition) is 4. The van der Waals surface area contributed by atoms with Crippen molar-refractivity contribution in [2.24, 2.45) is 11.8 Å². The van der Waals surface area contributed by atoms with Gasteiger partial charge < -0.3 is 19.9 Å². The van der Waals surface area contributed by atoms with E-state index in [1.165, 1.54) is 6.42 Å². The summed E-state index contributed by atoms with van der Waals surface area (Å²) in [4.78, 5) is 38.7. The number of amides is 2. The highest BCUT2D eigenvalue weighted by Gasteiger charge is 2.32. The van der Waals surface area contributed by atoms with Crippen molar-refractivity contribution in [1.29, 1.82) is 0 Å². The van der Waals surface area contributed by atoms with Crippen molar-refractivity contribution >= 4 is 28.7 Å². The fraction of sp³-hybridized carbons (Fsp3) is 0.593. The number of fused-ring (bicyclic) bond motifs is 5. The molecule has 2 atom stereocenters. The van der Waals surface area contributed by atoms with Gasteiger partial charge in [0.15, 0.2) is 0 Å². The molecule has 1 aromatic carbocycles. The van der Waals surface area contributed by atoms with Gasteiger partial charge in [-0.05, 0) is 50.2 Å². The maximum atomic E-state index is 13.4. The van der Waals surface area contributed by atoms with Crippen LogP contribution in [0.5, 0.6) is 0 Å². The molecule has 184 valence electrons. The van der Waals surface area contributed by atoms with Gasteiger partial charge in [-0.25, -0.2) is 0 Å². The average molecular weight is 468 g/mol. The number of aryl methyl sites for hydroxylation is 1. The fourth-order valence-electron chi connectivity index (χ4n) is 5.14. The number of carbonyl (C=O) groups is 3. The first-order valence-corrected chi connectivity index (χ1v) is 12.9. The summed E-state index contributed by atoms with van der Waals surface area (Å²) in [5.41, 5.74) is 2.21. The lowest BCUT2D eigenvalue weighted by atomic mass is 9.78. The first-order chi connectivity index (χ1) is 16.5. The van der Waals surface area contributed by atoms with Crippen molar-refractivity contribution in [3.63, 3.8) is 0 Å². The molecule has 0 saturated heterocycles. The minimum absolute atomic E-state index is 0.0593. The first kappa shape index (κ1) is 24.3. The van der Waals surface area contributed by atoms with Crippen LogP contribution in [0.15, 0.2) is 30.5 Å². The Morgan fingerprint density at radius 3 is 2.76 bits per heavy atom. The van der Waals surface area contributed by atoms with Gasteiger partial charge in [-0.1, -0.05) is 37.5 Å². The van der Waals surface area contributed by atoms with Gasteiger partial charge in [-0.2, -0.15) is 0 Å². The van der Waals surface area contributed by atoms with Crippen molar-refractivity contribution < 1.29 is 19.1 Å². The molecule has 1 saturated carbocycles. The smallest absolute Gasteiger partial charge is 0.306 e. The molecule has 1 aliphatic heterocycles. The summed E-state index contributed by atoms with van der Waals surface area (Å²) in [6.45, 7) is 3.61. The van der Waals surface area contributed by atoms with E-state index >= 15 is 0 Å². The number of rotatable bonds is 7. The zero-order valence-corrected chi connectivity index (χ0v) is 20.2. The van der Waals surface area contributed by atoms with E-state index in [1.54, 1.807) is 6.92 Å². The summed E-state index contributed by atoms with van der Waals surface area (Å²) in [6.07, 6.45) is 9.63. The summed E-state index contributed by atoms with van der Waals surface area (Å²) in [5, 5.41) is 7.15. The van der Waals surface area contributed by atoms with E-state index in [-0.39, 0.29) is 24.2 Å². The summed E-state index contributed by atoms with van der Waals surface area (Å²) in [7, 11) is 0. The van der Waals surface area contributed by atoms with Gasteiger partial charge in [0.05, 0.1) is 13.0 Å². The lowest BCUT2D eigenvalue weighted by Gasteiger charge is -2.29. The minimum atomic E-state index is -0.683. The second kappa shape index (κ2) is 11.5. The van der Waals surface area contributed by atoms with E-state index in [0.29, 0.717) is 31.9 Å². The molecule has 2 aromatic rings. The van der Waals surface area contributed by atoms with Crippen molar-refractivity contribution in [2.75, 3.05) is 13.2 Å². The topological polar surface area (TPSA) is 89.4 Å². The molecule has 2 heterocycles. The normalized spacial score (nSPS) is 20.4. The lowest BCUT2D eigenvalue weighted by Crippen LogP contribution is -2.50. The Morgan fingerprint density at radius 1 is 1.18 bits per heavy atom. The molecule has 1 unspecified atom stereocenters. The van der Waals surface area contributed by atoms with Gasteiger partial charge in [-0.3, -0.25) is 14.4 Å². The Labute approximate surface area is 201 Å². The van der Waals surface area contributed by atoms with Crippen molar-refractivity contribution in [1.82, 2.24) is 15.2 Å². The van der Waals surface area contributed by atoms with Gasteiger partial charge >= 0.3 is 5.97 Å². The van der Waals surface area contributed by atoms with Crippen LogP contribution in [0.25, 0.3) is 10.9 Å². The summed E-state index contributed by atoms with van der Waals surface area (Å²) < 4.78 is 7.39. The summed E-state index contributed by atoms with van der Waals surface area (Å²) in [5.74, 6) is -0.749. The van der Waals surface area contributed by atoms with Crippen LogP contribution >= 0.6 is 0 Å². The van der Waals surface area contributed by atoms with E-state index in [4.69, 9.17) is 4.74 Å². The molecule has 34 heavy (non-hydrogen) atoms. The van der Waals surface area contributed by atoms with Crippen LogP contribution < -0.4 is 10.6 Å². The zero-order chi connectivity index (χ0) is 23.9. The van der Waals surface area contributed by atoms with Crippen molar-refractivity contribution in [3.05, 3.63) is 36.0 Å². The van der Waals surface area contributed by atoms with Gasteiger partial charge in [-0.15, -0.1) is 0 Å². The number of hydrogen-bond donors (Lipinski definition) is 2. The largest absolute Gasteiger partial charge is 0.466 e. The molecule has 2 bridgehead atoms. The Hall–Kier alpha value is -2.83. The predicted molar refractivity (Wildman–Crippen MR) is 131 cm³/mol. The highest BCUT2D eigenvalue weighted by Crippen LogP contribution is 2.33. The Balaban J connectivity index is 1.55. The molecular weight excluding hydrogens is 430 g/mol. The number of para-hydroxylation sites is 1. The predicted octanol–water partition coefficient (Wildman–Crippen LogP) is 3.73. The van der Waals surface area contributed by atoms with Crippen LogP contribution in [0.2, 0.25) is 0 Å². The Morgan fingerprint density at radius 2 is 2.00 bits per heavy atom. The van der Waals surface area contributed by atoms with Crippen LogP contribution in [0, 0.1) is 11.8 Å². The Kier molecular flexibility index (Phi) is 8.25. The van der Waals surface area contributed by atoms with Crippen molar-refractivity contribution in [2.45, 2.75) is 77.3 Å². The first-order valence-electron chi connectivity index (χ1n) is 12.9. The minimum Gasteiger partial charge on any atom is -0.466 e. The molecular formula is C27H37N3O4. The van der Waals surface area contributed by atoms with E-state index < -0.39 is 12.0 Å². The maximum Gasteiger partial charge on any atom is 0.306 e. The molecule has 0 spiro atoms. The number of nitrogens with zero attached hydrogens (tertiary/aromatic N) is 1. The van der Waals surface area contributed by atoms with Gasteiger partial charge in [0.25, 0.3) is 0 Å². The van der Waals surface area contributed by atoms with Crippen LogP contribution in [0.3, 0.4) is 0 Å². The molecule has 2 N–H and O–H groups in total. The number of aromatic nitrogens is 1. The lowest BCUT2D eigenvalue weighted by molar-refractivity contribution is -0.147. The number of benzene rings is 1. The van der Waals surface area contributed by atoms with Crippen LogP contribution in [0.1, 0.15) is 63.9 Å². The second-order valence-electron chi connectivity index (χ2n) is 9.72. The van der Waals surface area contributed by atoms with E-state index in [1.807, 2.05) is 12.1 Å². The second-order valence-corrected chi connectivity index (χ2v) is 9.72. The molecule has 2 amide bonds. The van der Waals surface area contributed by atoms with E-state index in [0.717, 1.165) is 55.1 Å². The van der Waals surface area contributed by atoms with E-state index in [9.17, 15) is 14.4 Å². The molecule has 7 nitrogen and oxygen atoms in total. The molecule has 4 rings (SSSR count). The van der Waals surface area contributed by atoms with Crippen LogP contribution in [-0.2, 0) is 32.1 Å².